The molecule has 0 spiro atoms. The van der Waals surface area contributed by atoms with Crippen molar-refractivity contribution in [2.75, 3.05) is 0 Å². The first-order valence-corrected chi connectivity index (χ1v) is 4.67. The van der Waals surface area contributed by atoms with E-state index >= 15 is 0 Å². The molecule has 0 radical (unpaired) electrons. The molecule has 12 heavy (non-hydrogen) atoms. The number of carbonyl (C=O) groups is 1. The van der Waals surface area contributed by atoms with Gasteiger partial charge in [0.2, 0.25) is 5.91 Å². The number of amides is 1. The fraction of sp³-hybridized carbons (Fsp3) is 0.889. The summed E-state index contributed by atoms with van der Waals surface area (Å²) >= 11 is 0. The lowest BCUT2D eigenvalue weighted by molar-refractivity contribution is -0.125. The van der Waals surface area contributed by atoms with Crippen LogP contribution < -0.4 is 5.32 Å². The molecular weight excluding hydrogens is 154 g/mol. The van der Waals surface area contributed by atoms with Gasteiger partial charge in [-0.2, -0.15) is 0 Å². The zero-order valence-electron chi connectivity index (χ0n) is 7.29. The molecule has 2 fully saturated rings. The average molecular weight is 169 g/mol. The van der Waals surface area contributed by atoms with Gasteiger partial charge in [-0.1, -0.05) is 6.92 Å². The van der Waals surface area contributed by atoms with Gasteiger partial charge in [0.15, 0.2) is 0 Å². The van der Waals surface area contributed by atoms with Crippen LogP contribution in [0.1, 0.15) is 26.2 Å². The standard InChI is InChI=1S/C9H15NO2/c1-5-4-6(5)9(12)10-7-2-3-8(7)11/h5-8,11H,2-4H2,1H3,(H,10,12)/t5-,6-,7+,8+/m0/s1. The molecule has 0 saturated heterocycles. The van der Waals surface area contributed by atoms with Crippen LogP contribution in [0.15, 0.2) is 0 Å². The third-order valence-corrected chi connectivity index (χ3v) is 3.01. The fourth-order valence-corrected chi connectivity index (χ4v) is 1.63. The van der Waals surface area contributed by atoms with Crippen molar-refractivity contribution in [3.05, 3.63) is 0 Å². The Hall–Kier alpha value is -0.570. The summed E-state index contributed by atoms with van der Waals surface area (Å²) in [6, 6.07) is 0.0466. The van der Waals surface area contributed by atoms with Gasteiger partial charge in [-0.15, -0.1) is 0 Å². The lowest BCUT2D eigenvalue weighted by Crippen LogP contribution is -2.50. The van der Waals surface area contributed by atoms with E-state index in [-0.39, 0.29) is 24.0 Å². The van der Waals surface area contributed by atoms with Gasteiger partial charge in [0.1, 0.15) is 0 Å². The van der Waals surface area contributed by atoms with Crippen molar-refractivity contribution in [3.63, 3.8) is 0 Å². The van der Waals surface area contributed by atoms with Crippen LogP contribution in [0.2, 0.25) is 0 Å². The van der Waals surface area contributed by atoms with Crippen LogP contribution in [0.25, 0.3) is 0 Å². The van der Waals surface area contributed by atoms with Gasteiger partial charge in [-0.3, -0.25) is 4.79 Å². The molecule has 0 aromatic heterocycles. The highest BCUT2D eigenvalue weighted by Gasteiger charge is 2.41. The summed E-state index contributed by atoms with van der Waals surface area (Å²) in [7, 11) is 0. The lowest BCUT2D eigenvalue weighted by Gasteiger charge is -2.32. The van der Waals surface area contributed by atoms with Crippen LogP contribution in [0.3, 0.4) is 0 Å². The quantitative estimate of drug-likeness (QED) is 0.624. The second-order valence-corrected chi connectivity index (χ2v) is 4.08. The van der Waals surface area contributed by atoms with Gasteiger partial charge in [-0.05, 0) is 25.2 Å². The maximum Gasteiger partial charge on any atom is 0.223 e. The molecule has 0 aromatic rings. The van der Waals surface area contributed by atoms with Crippen molar-refractivity contribution in [1.82, 2.24) is 5.32 Å². The Labute approximate surface area is 72.2 Å². The monoisotopic (exact) mass is 169 g/mol. The Kier molecular flexibility index (Phi) is 1.83. The predicted octanol–water partition coefficient (Wildman–Crippen LogP) is 0.282. The number of nitrogens with one attached hydrogen (secondary N) is 1. The summed E-state index contributed by atoms with van der Waals surface area (Å²) in [6.07, 6.45) is 2.51. The van der Waals surface area contributed by atoms with E-state index < -0.39 is 0 Å². The smallest absolute Gasteiger partial charge is 0.223 e. The van der Waals surface area contributed by atoms with E-state index in [1.165, 1.54) is 0 Å². The van der Waals surface area contributed by atoms with Gasteiger partial charge in [0.25, 0.3) is 0 Å². The van der Waals surface area contributed by atoms with Gasteiger partial charge < -0.3 is 10.4 Å². The molecule has 2 N–H and O–H groups in total. The van der Waals surface area contributed by atoms with E-state index in [2.05, 4.69) is 12.2 Å². The molecular formula is C9H15NO2. The molecule has 3 heteroatoms. The van der Waals surface area contributed by atoms with E-state index in [0.29, 0.717) is 5.92 Å². The highest BCUT2D eigenvalue weighted by Crippen LogP contribution is 2.38. The maximum absolute atomic E-state index is 11.3. The Bertz CT molecular complexity index is 205. The minimum absolute atomic E-state index is 0.0466. The molecule has 1 amide bonds. The Morgan fingerprint density at radius 1 is 1.50 bits per heavy atom. The first-order chi connectivity index (χ1) is 5.68. The number of rotatable bonds is 2. The Balaban J connectivity index is 1.76. The molecule has 4 atom stereocenters. The average Bonchev–Trinajstić information content (AvgIpc) is 2.75. The molecule has 0 bridgehead atoms. The molecule has 0 aliphatic heterocycles. The third-order valence-electron chi connectivity index (χ3n) is 3.01. The molecule has 2 aliphatic rings. The first-order valence-electron chi connectivity index (χ1n) is 4.67. The molecule has 2 saturated carbocycles. The summed E-state index contributed by atoms with van der Waals surface area (Å²) in [6.45, 7) is 2.08. The van der Waals surface area contributed by atoms with E-state index in [1.807, 2.05) is 0 Å². The van der Waals surface area contributed by atoms with E-state index in [9.17, 15) is 9.90 Å². The van der Waals surface area contributed by atoms with Crippen LogP contribution in [0.4, 0.5) is 0 Å². The molecule has 0 heterocycles. The van der Waals surface area contributed by atoms with Gasteiger partial charge in [0.05, 0.1) is 12.1 Å². The van der Waals surface area contributed by atoms with Gasteiger partial charge >= 0.3 is 0 Å². The second kappa shape index (κ2) is 2.73. The zero-order valence-corrected chi connectivity index (χ0v) is 7.29. The van der Waals surface area contributed by atoms with E-state index in [4.69, 9.17) is 0 Å². The highest BCUT2D eigenvalue weighted by atomic mass is 16.3. The van der Waals surface area contributed by atoms with Crippen LogP contribution in [0.5, 0.6) is 0 Å². The first kappa shape index (κ1) is 8.05. The zero-order chi connectivity index (χ0) is 8.72. The number of hydrogen-bond donors (Lipinski definition) is 2. The summed E-state index contributed by atoms with van der Waals surface area (Å²) in [5, 5.41) is 12.1. The van der Waals surface area contributed by atoms with E-state index in [0.717, 1.165) is 19.3 Å². The van der Waals surface area contributed by atoms with Crippen molar-refractivity contribution in [2.24, 2.45) is 11.8 Å². The Morgan fingerprint density at radius 2 is 2.17 bits per heavy atom. The number of carbonyl (C=O) groups excluding carboxylic acids is 1. The topological polar surface area (TPSA) is 49.3 Å². The normalized spacial score (nSPS) is 44.8. The fourth-order valence-electron chi connectivity index (χ4n) is 1.63. The minimum Gasteiger partial charge on any atom is -0.391 e. The number of aliphatic hydroxyl groups excluding tert-OH is 1. The van der Waals surface area contributed by atoms with Crippen molar-refractivity contribution in [3.8, 4) is 0 Å². The summed E-state index contributed by atoms with van der Waals surface area (Å²) in [4.78, 5) is 11.3. The number of aliphatic hydroxyl groups is 1. The van der Waals surface area contributed by atoms with Gasteiger partial charge in [0, 0.05) is 5.92 Å². The summed E-state index contributed by atoms with van der Waals surface area (Å²) < 4.78 is 0. The van der Waals surface area contributed by atoms with Crippen molar-refractivity contribution < 1.29 is 9.90 Å². The third kappa shape index (κ3) is 1.33. The number of hydrogen-bond acceptors (Lipinski definition) is 2. The molecule has 2 aliphatic carbocycles. The van der Waals surface area contributed by atoms with Crippen LogP contribution in [-0.4, -0.2) is 23.2 Å². The van der Waals surface area contributed by atoms with Crippen molar-refractivity contribution in [1.29, 1.82) is 0 Å². The molecule has 2 rings (SSSR count). The Morgan fingerprint density at radius 3 is 2.50 bits per heavy atom. The summed E-state index contributed by atoms with van der Waals surface area (Å²) in [5.74, 6) is 0.936. The SMILES string of the molecule is C[C@H]1C[C@@H]1C(=O)N[C@@H]1CC[C@H]1O. The molecule has 3 nitrogen and oxygen atoms in total. The van der Waals surface area contributed by atoms with Gasteiger partial charge in [-0.25, -0.2) is 0 Å². The van der Waals surface area contributed by atoms with Crippen molar-refractivity contribution >= 4 is 5.91 Å². The predicted molar refractivity (Wildman–Crippen MR) is 44.4 cm³/mol. The maximum atomic E-state index is 11.3. The summed E-state index contributed by atoms with van der Waals surface area (Å²) in [5.41, 5.74) is 0. The van der Waals surface area contributed by atoms with Crippen LogP contribution >= 0.6 is 0 Å². The molecule has 0 aromatic carbocycles. The highest BCUT2D eigenvalue weighted by molar-refractivity contribution is 5.81. The lowest BCUT2D eigenvalue weighted by atomic mass is 9.89. The molecule has 0 unspecified atom stereocenters. The van der Waals surface area contributed by atoms with Crippen molar-refractivity contribution in [2.45, 2.75) is 38.3 Å². The van der Waals surface area contributed by atoms with E-state index in [1.54, 1.807) is 0 Å². The van der Waals surface area contributed by atoms with Crippen LogP contribution in [0, 0.1) is 11.8 Å². The van der Waals surface area contributed by atoms with Crippen LogP contribution in [-0.2, 0) is 4.79 Å². The minimum atomic E-state index is -0.289. The largest absolute Gasteiger partial charge is 0.391 e. The molecule has 68 valence electrons. The second-order valence-electron chi connectivity index (χ2n) is 4.08.